The van der Waals surface area contributed by atoms with E-state index >= 15 is 0 Å². The molecule has 1 nitrogen and oxygen atoms in total. The Bertz CT molecular complexity index is 515. The molecule has 0 saturated carbocycles. The van der Waals surface area contributed by atoms with Crippen molar-refractivity contribution in [1.82, 2.24) is 4.98 Å². The molecular weight excluding hydrogens is 234 g/mol. The first-order chi connectivity index (χ1) is 7.63. The van der Waals surface area contributed by atoms with Crippen LogP contribution in [0.1, 0.15) is 21.7 Å². The fourth-order valence-corrected chi connectivity index (χ4v) is 2.69. The van der Waals surface area contributed by atoms with Crippen molar-refractivity contribution in [2.24, 2.45) is 0 Å². The van der Waals surface area contributed by atoms with E-state index in [1.165, 1.54) is 22.3 Å². The van der Waals surface area contributed by atoms with Gasteiger partial charge in [-0.25, -0.2) is 4.98 Å². The van der Waals surface area contributed by atoms with E-state index in [0.29, 0.717) is 5.75 Å². The molecule has 0 amide bonds. The first kappa shape index (κ1) is 11.7. The highest BCUT2D eigenvalue weighted by Crippen LogP contribution is 2.28. The van der Waals surface area contributed by atoms with E-state index in [9.17, 15) is 0 Å². The Kier molecular flexibility index (Phi) is 3.36. The third-order valence-electron chi connectivity index (χ3n) is 3.02. The number of aryl methyl sites for hydroxylation is 1. The van der Waals surface area contributed by atoms with Gasteiger partial charge in [0.2, 0.25) is 0 Å². The van der Waals surface area contributed by atoms with Crippen molar-refractivity contribution in [2.75, 3.05) is 0 Å². The highest BCUT2D eigenvalue weighted by Gasteiger charge is 2.09. The lowest BCUT2D eigenvalue weighted by Crippen LogP contribution is -1.91. The first-order valence-electron chi connectivity index (χ1n) is 5.26. The number of thiazole rings is 1. The Morgan fingerprint density at radius 2 is 1.94 bits per heavy atom. The molecular formula is C13H15NS2. The quantitative estimate of drug-likeness (QED) is 0.788. The lowest BCUT2D eigenvalue weighted by atomic mass is 9.97. The van der Waals surface area contributed by atoms with Crippen LogP contribution in [0, 0.1) is 20.8 Å². The van der Waals surface area contributed by atoms with Gasteiger partial charge in [0.25, 0.3) is 0 Å². The number of nitrogens with zero attached hydrogens (tertiary/aromatic N) is 1. The summed E-state index contributed by atoms with van der Waals surface area (Å²) in [6.45, 7) is 6.48. The lowest BCUT2D eigenvalue weighted by molar-refractivity contribution is 1.23. The van der Waals surface area contributed by atoms with Gasteiger partial charge in [0.15, 0.2) is 0 Å². The van der Waals surface area contributed by atoms with Crippen molar-refractivity contribution < 1.29 is 0 Å². The van der Waals surface area contributed by atoms with E-state index < -0.39 is 0 Å². The summed E-state index contributed by atoms with van der Waals surface area (Å²) in [5.41, 5.74) is 6.35. The lowest BCUT2D eigenvalue weighted by Gasteiger charge is -2.09. The predicted molar refractivity (Wildman–Crippen MR) is 74.5 cm³/mol. The minimum absolute atomic E-state index is 0.717. The minimum Gasteiger partial charge on any atom is -0.240 e. The van der Waals surface area contributed by atoms with Crippen LogP contribution in [0.4, 0.5) is 0 Å². The molecule has 0 spiro atoms. The normalized spacial score (nSPS) is 10.8. The van der Waals surface area contributed by atoms with Crippen molar-refractivity contribution in [3.8, 4) is 11.3 Å². The summed E-state index contributed by atoms with van der Waals surface area (Å²) in [7, 11) is 0. The molecule has 1 aromatic heterocycles. The summed E-state index contributed by atoms with van der Waals surface area (Å²) in [6.07, 6.45) is 0. The average molecular weight is 249 g/mol. The van der Waals surface area contributed by atoms with Crippen LogP contribution in [0.3, 0.4) is 0 Å². The van der Waals surface area contributed by atoms with E-state index in [1.807, 2.05) is 0 Å². The van der Waals surface area contributed by atoms with E-state index in [-0.39, 0.29) is 0 Å². The van der Waals surface area contributed by atoms with E-state index in [4.69, 9.17) is 0 Å². The second kappa shape index (κ2) is 4.60. The number of hydrogen-bond donors (Lipinski definition) is 1. The maximum atomic E-state index is 4.57. The predicted octanol–water partition coefficient (Wildman–Crippen LogP) is 4.17. The highest BCUT2D eigenvalue weighted by atomic mass is 32.1. The molecule has 3 heteroatoms. The van der Waals surface area contributed by atoms with Gasteiger partial charge < -0.3 is 0 Å². The molecule has 2 rings (SSSR count). The van der Waals surface area contributed by atoms with Crippen LogP contribution in [0.15, 0.2) is 17.5 Å². The van der Waals surface area contributed by atoms with Crippen molar-refractivity contribution in [1.29, 1.82) is 0 Å². The Hall–Kier alpha value is -0.800. The smallest absolute Gasteiger partial charge is 0.103 e. The summed E-state index contributed by atoms with van der Waals surface area (Å²) < 4.78 is 0. The van der Waals surface area contributed by atoms with E-state index in [1.54, 1.807) is 11.3 Å². The van der Waals surface area contributed by atoms with Gasteiger partial charge in [-0.1, -0.05) is 12.1 Å². The van der Waals surface area contributed by atoms with Crippen LogP contribution in [0.25, 0.3) is 11.3 Å². The molecule has 16 heavy (non-hydrogen) atoms. The SMILES string of the molecule is Cc1ccc(-c2csc(CS)n2)c(C)c1C. The summed E-state index contributed by atoms with van der Waals surface area (Å²) >= 11 is 5.92. The van der Waals surface area contributed by atoms with E-state index in [0.717, 1.165) is 10.7 Å². The fourth-order valence-electron chi connectivity index (χ4n) is 1.74. The van der Waals surface area contributed by atoms with Gasteiger partial charge in [0.1, 0.15) is 5.01 Å². The highest BCUT2D eigenvalue weighted by molar-refractivity contribution is 7.79. The number of aromatic nitrogens is 1. The second-order valence-electron chi connectivity index (χ2n) is 3.96. The molecule has 0 bridgehead atoms. The Balaban J connectivity index is 2.52. The summed E-state index contributed by atoms with van der Waals surface area (Å²) in [5.74, 6) is 0.717. The van der Waals surface area contributed by atoms with Gasteiger partial charge in [-0.05, 0) is 37.5 Å². The molecule has 1 heterocycles. The van der Waals surface area contributed by atoms with Gasteiger partial charge in [-0.2, -0.15) is 12.6 Å². The molecule has 2 aromatic rings. The van der Waals surface area contributed by atoms with Gasteiger partial charge in [-0.3, -0.25) is 0 Å². The second-order valence-corrected chi connectivity index (χ2v) is 5.22. The molecule has 0 N–H and O–H groups in total. The van der Waals surface area contributed by atoms with Crippen molar-refractivity contribution in [2.45, 2.75) is 26.5 Å². The number of hydrogen-bond acceptors (Lipinski definition) is 3. The minimum atomic E-state index is 0.717. The van der Waals surface area contributed by atoms with E-state index in [2.05, 4.69) is 55.9 Å². The van der Waals surface area contributed by atoms with Crippen molar-refractivity contribution >= 4 is 24.0 Å². The third kappa shape index (κ3) is 2.02. The van der Waals surface area contributed by atoms with Gasteiger partial charge in [0, 0.05) is 16.7 Å². The van der Waals surface area contributed by atoms with Crippen molar-refractivity contribution in [3.05, 3.63) is 39.2 Å². The summed E-state index contributed by atoms with van der Waals surface area (Å²) in [4.78, 5) is 4.57. The number of thiol groups is 1. The molecule has 0 aliphatic rings. The molecule has 1 aromatic carbocycles. The van der Waals surface area contributed by atoms with Gasteiger partial charge in [0.05, 0.1) is 5.69 Å². The first-order valence-corrected chi connectivity index (χ1v) is 6.77. The Labute approximate surface area is 106 Å². The van der Waals surface area contributed by atoms with Crippen LogP contribution in [-0.2, 0) is 5.75 Å². The summed E-state index contributed by atoms with van der Waals surface area (Å²) in [6, 6.07) is 4.33. The van der Waals surface area contributed by atoms with Crippen LogP contribution in [0.5, 0.6) is 0 Å². The van der Waals surface area contributed by atoms with Gasteiger partial charge in [-0.15, -0.1) is 11.3 Å². The Morgan fingerprint density at radius 1 is 1.19 bits per heavy atom. The average Bonchev–Trinajstić information content (AvgIpc) is 2.74. The molecule has 0 unspecified atom stereocenters. The topological polar surface area (TPSA) is 12.9 Å². The number of rotatable bonds is 2. The Morgan fingerprint density at radius 3 is 2.56 bits per heavy atom. The maximum Gasteiger partial charge on any atom is 0.103 e. The summed E-state index contributed by atoms with van der Waals surface area (Å²) in [5, 5.41) is 3.19. The molecule has 0 atom stereocenters. The third-order valence-corrected chi connectivity index (χ3v) is 4.38. The monoisotopic (exact) mass is 249 g/mol. The molecule has 0 aliphatic carbocycles. The van der Waals surface area contributed by atoms with Crippen LogP contribution >= 0.6 is 24.0 Å². The standard InChI is InChI=1S/C13H15NS2/c1-8-4-5-11(10(3)9(8)2)12-7-16-13(6-15)14-12/h4-5,7,15H,6H2,1-3H3. The fraction of sp³-hybridized carbons (Fsp3) is 0.308. The molecule has 0 aliphatic heterocycles. The largest absolute Gasteiger partial charge is 0.240 e. The van der Waals surface area contributed by atoms with Gasteiger partial charge >= 0.3 is 0 Å². The molecule has 0 saturated heterocycles. The molecule has 0 radical (unpaired) electrons. The maximum absolute atomic E-state index is 4.57. The zero-order valence-corrected chi connectivity index (χ0v) is 11.5. The van der Waals surface area contributed by atoms with Crippen LogP contribution < -0.4 is 0 Å². The number of benzene rings is 1. The van der Waals surface area contributed by atoms with Crippen molar-refractivity contribution in [3.63, 3.8) is 0 Å². The van der Waals surface area contributed by atoms with Crippen LogP contribution in [-0.4, -0.2) is 4.98 Å². The molecule has 0 fully saturated rings. The zero-order chi connectivity index (χ0) is 11.7. The zero-order valence-electron chi connectivity index (χ0n) is 9.74. The molecule has 84 valence electrons. The van der Waals surface area contributed by atoms with Crippen LogP contribution in [0.2, 0.25) is 0 Å².